The summed E-state index contributed by atoms with van der Waals surface area (Å²) in [5.74, 6) is 0. The highest BCUT2D eigenvalue weighted by Gasteiger charge is 2.25. The van der Waals surface area contributed by atoms with Crippen molar-refractivity contribution in [3.63, 3.8) is 0 Å². The normalized spacial score (nSPS) is 16.7. The van der Waals surface area contributed by atoms with E-state index >= 15 is 0 Å². The zero-order valence-corrected chi connectivity index (χ0v) is 14.1. The van der Waals surface area contributed by atoms with E-state index in [0.717, 1.165) is 32.7 Å². The zero-order chi connectivity index (χ0) is 16.4. The minimum atomic E-state index is -0.430. The molecule has 5 heteroatoms. The molecule has 2 aromatic rings. The first-order chi connectivity index (χ1) is 10.9. The van der Waals surface area contributed by atoms with E-state index in [0.29, 0.717) is 0 Å². The number of aromatic amines is 1. The van der Waals surface area contributed by atoms with Crippen LogP contribution in [-0.2, 0) is 11.3 Å². The monoisotopic (exact) mass is 315 g/mol. The van der Waals surface area contributed by atoms with Crippen LogP contribution in [0.4, 0.5) is 4.79 Å². The molecule has 0 spiro atoms. The minimum Gasteiger partial charge on any atom is -0.444 e. The number of aromatic nitrogens is 1. The van der Waals surface area contributed by atoms with Gasteiger partial charge in [-0.3, -0.25) is 4.90 Å². The third-order valence-electron chi connectivity index (χ3n) is 4.05. The maximum atomic E-state index is 12.1. The summed E-state index contributed by atoms with van der Waals surface area (Å²) in [6.45, 7) is 9.83. The largest absolute Gasteiger partial charge is 0.444 e. The molecule has 0 saturated carbocycles. The van der Waals surface area contributed by atoms with Gasteiger partial charge in [0.05, 0.1) is 0 Å². The SMILES string of the molecule is CC(C)(C)OC(=O)N1CCN(Cc2ccc3[nH]ccc3c2)CC1. The number of carbonyl (C=O) groups is 1. The number of benzene rings is 1. The Bertz CT molecular complexity index is 679. The Labute approximate surface area is 137 Å². The molecule has 1 aliphatic heterocycles. The molecule has 0 aliphatic carbocycles. The number of nitrogens with one attached hydrogen (secondary N) is 1. The van der Waals surface area contributed by atoms with E-state index in [1.54, 1.807) is 4.90 Å². The third-order valence-corrected chi connectivity index (χ3v) is 4.05. The lowest BCUT2D eigenvalue weighted by Gasteiger charge is -2.35. The maximum Gasteiger partial charge on any atom is 0.410 e. The lowest BCUT2D eigenvalue weighted by Crippen LogP contribution is -2.49. The van der Waals surface area contributed by atoms with E-state index in [4.69, 9.17) is 4.74 Å². The molecule has 1 fully saturated rings. The van der Waals surface area contributed by atoms with Crippen molar-refractivity contribution >= 4 is 17.0 Å². The van der Waals surface area contributed by atoms with E-state index in [9.17, 15) is 4.79 Å². The van der Waals surface area contributed by atoms with Crippen LogP contribution >= 0.6 is 0 Å². The zero-order valence-electron chi connectivity index (χ0n) is 14.1. The minimum absolute atomic E-state index is 0.203. The Hall–Kier alpha value is -2.01. The van der Waals surface area contributed by atoms with Crippen LogP contribution < -0.4 is 0 Å². The number of amides is 1. The molecule has 1 aromatic carbocycles. The van der Waals surface area contributed by atoms with Gasteiger partial charge in [0.1, 0.15) is 5.60 Å². The fourth-order valence-corrected chi connectivity index (χ4v) is 2.87. The lowest BCUT2D eigenvalue weighted by molar-refractivity contribution is 0.0139. The summed E-state index contributed by atoms with van der Waals surface area (Å²) >= 11 is 0. The van der Waals surface area contributed by atoms with Crippen molar-refractivity contribution in [2.75, 3.05) is 26.2 Å². The fourth-order valence-electron chi connectivity index (χ4n) is 2.87. The number of fused-ring (bicyclic) bond motifs is 1. The highest BCUT2D eigenvalue weighted by Crippen LogP contribution is 2.17. The van der Waals surface area contributed by atoms with Crippen molar-refractivity contribution in [3.8, 4) is 0 Å². The van der Waals surface area contributed by atoms with Crippen LogP contribution in [0, 0.1) is 0 Å². The van der Waals surface area contributed by atoms with Crippen LogP contribution in [0.5, 0.6) is 0 Å². The average Bonchev–Trinajstić information content (AvgIpc) is 2.94. The molecule has 0 atom stereocenters. The van der Waals surface area contributed by atoms with Gasteiger partial charge in [-0.2, -0.15) is 0 Å². The van der Waals surface area contributed by atoms with Crippen LogP contribution in [0.2, 0.25) is 0 Å². The highest BCUT2D eigenvalue weighted by atomic mass is 16.6. The molecule has 0 unspecified atom stereocenters. The first-order valence-corrected chi connectivity index (χ1v) is 8.17. The standard InChI is InChI=1S/C18H25N3O2/c1-18(2,3)23-17(22)21-10-8-20(9-11-21)13-14-4-5-16-15(12-14)6-7-19-16/h4-7,12,19H,8-11,13H2,1-3H3. The van der Waals surface area contributed by atoms with Crippen LogP contribution in [0.3, 0.4) is 0 Å². The molecule has 1 saturated heterocycles. The second-order valence-corrected chi connectivity index (χ2v) is 7.14. The van der Waals surface area contributed by atoms with E-state index in [-0.39, 0.29) is 6.09 Å². The average molecular weight is 315 g/mol. The van der Waals surface area contributed by atoms with Gasteiger partial charge in [0.2, 0.25) is 0 Å². The molecule has 2 heterocycles. The molecule has 1 N–H and O–H groups in total. The van der Waals surface area contributed by atoms with Crippen molar-refractivity contribution in [2.24, 2.45) is 0 Å². The number of ether oxygens (including phenoxy) is 1. The molecule has 1 aliphatic rings. The first kappa shape index (κ1) is 15.9. The van der Waals surface area contributed by atoms with Gasteiger partial charge in [-0.15, -0.1) is 0 Å². The van der Waals surface area contributed by atoms with Crippen molar-refractivity contribution in [2.45, 2.75) is 32.9 Å². The van der Waals surface area contributed by atoms with E-state index in [2.05, 4.69) is 34.1 Å². The van der Waals surface area contributed by atoms with Crippen molar-refractivity contribution in [1.82, 2.24) is 14.8 Å². The summed E-state index contributed by atoms with van der Waals surface area (Å²) in [6, 6.07) is 8.62. The molecular formula is C18H25N3O2. The molecule has 5 nitrogen and oxygen atoms in total. The molecule has 0 bridgehead atoms. The molecule has 3 rings (SSSR count). The van der Waals surface area contributed by atoms with Crippen molar-refractivity contribution in [1.29, 1.82) is 0 Å². The van der Waals surface area contributed by atoms with Crippen molar-refractivity contribution < 1.29 is 9.53 Å². The van der Waals surface area contributed by atoms with Crippen molar-refractivity contribution in [3.05, 3.63) is 36.0 Å². The number of hydrogen-bond donors (Lipinski definition) is 1. The Morgan fingerprint density at radius 1 is 1.17 bits per heavy atom. The number of piperazine rings is 1. The molecule has 124 valence electrons. The molecule has 1 aromatic heterocycles. The highest BCUT2D eigenvalue weighted by molar-refractivity contribution is 5.79. The van der Waals surface area contributed by atoms with Gasteiger partial charge in [-0.1, -0.05) is 6.07 Å². The summed E-state index contributed by atoms with van der Waals surface area (Å²) in [6.07, 6.45) is 1.76. The summed E-state index contributed by atoms with van der Waals surface area (Å²) in [5, 5.41) is 1.25. The van der Waals surface area contributed by atoms with Gasteiger partial charge in [0.25, 0.3) is 0 Å². The van der Waals surface area contributed by atoms with Gasteiger partial charge in [0.15, 0.2) is 0 Å². The van der Waals surface area contributed by atoms with Crippen LogP contribution in [0.15, 0.2) is 30.5 Å². The van der Waals surface area contributed by atoms with Crippen LogP contribution in [0.25, 0.3) is 10.9 Å². The topological polar surface area (TPSA) is 48.6 Å². The van der Waals surface area contributed by atoms with E-state index in [1.807, 2.05) is 27.0 Å². The lowest BCUT2D eigenvalue weighted by atomic mass is 10.1. The number of carbonyl (C=O) groups excluding carboxylic acids is 1. The molecule has 1 amide bonds. The van der Waals surface area contributed by atoms with Gasteiger partial charge in [-0.25, -0.2) is 4.79 Å². The Kier molecular flexibility index (Phi) is 4.31. The fraction of sp³-hybridized carbons (Fsp3) is 0.500. The van der Waals surface area contributed by atoms with Gasteiger partial charge in [0, 0.05) is 44.4 Å². The smallest absolute Gasteiger partial charge is 0.410 e. The number of H-pyrrole nitrogens is 1. The van der Waals surface area contributed by atoms with E-state index in [1.165, 1.54) is 16.5 Å². The van der Waals surface area contributed by atoms with Gasteiger partial charge < -0.3 is 14.6 Å². The number of hydrogen-bond acceptors (Lipinski definition) is 3. The Morgan fingerprint density at radius 3 is 2.61 bits per heavy atom. The summed E-state index contributed by atoms with van der Waals surface area (Å²) in [4.78, 5) is 19.5. The Balaban J connectivity index is 1.53. The predicted octanol–water partition coefficient (Wildman–Crippen LogP) is 3.22. The van der Waals surface area contributed by atoms with Gasteiger partial charge in [-0.05, 0) is 49.9 Å². The first-order valence-electron chi connectivity index (χ1n) is 8.17. The van der Waals surface area contributed by atoms with E-state index < -0.39 is 5.60 Å². The molecule has 0 radical (unpaired) electrons. The van der Waals surface area contributed by atoms with Crippen LogP contribution in [0.1, 0.15) is 26.3 Å². The molecular weight excluding hydrogens is 290 g/mol. The summed E-state index contributed by atoms with van der Waals surface area (Å²) in [5.41, 5.74) is 2.05. The molecule has 23 heavy (non-hydrogen) atoms. The summed E-state index contributed by atoms with van der Waals surface area (Å²) in [7, 11) is 0. The number of nitrogens with zero attached hydrogens (tertiary/aromatic N) is 2. The predicted molar refractivity (Wildman–Crippen MR) is 91.4 cm³/mol. The quantitative estimate of drug-likeness (QED) is 0.925. The third kappa shape index (κ3) is 4.05. The number of rotatable bonds is 2. The Morgan fingerprint density at radius 2 is 1.91 bits per heavy atom. The second-order valence-electron chi connectivity index (χ2n) is 7.14. The summed E-state index contributed by atoms with van der Waals surface area (Å²) < 4.78 is 5.44. The maximum absolute atomic E-state index is 12.1. The van der Waals surface area contributed by atoms with Gasteiger partial charge >= 0.3 is 6.09 Å². The van der Waals surface area contributed by atoms with Crippen LogP contribution in [-0.4, -0.2) is 52.7 Å². The second kappa shape index (κ2) is 6.24.